The smallest absolute Gasteiger partial charge is 0.204 e. The van der Waals surface area contributed by atoms with E-state index in [0.717, 1.165) is 5.56 Å². The molecule has 0 saturated heterocycles. The molecular weight excluding hydrogens is 246 g/mol. The number of nitrogens with zero attached hydrogens (tertiary/aromatic N) is 1. The van der Waals surface area contributed by atoms with Crippen molar-refractivity contribution in [3.05, 3.63) is 30.0 Å². The minimum absolute atomic E-state index is 0.0237. The van der Waals surface area contributed by atoms with Gasteiger partial charge in [0.25, 0.3) is 0 Å². The van der Waals surface area contributed by atoms with Crippen molar-refractivity contribution < 1.29 is 18.9 Å². The molecule has 1 aromatic carbocycles. The molecule has 100 valence electrons. The van der Waals surface area contributed by atoms with E-state index in [1.54, 1.807) is 27.6 Å². The van der Waals surface area contributed by atoms with Crippen molar-refractivity contribution in [3.8, 4) is 11.5 Å². The van der Waals surface area contributed by atoms with Gasteiger partial charge in [-0.1, -0.05) is 6.07 Å². The van der Waals surface area contributed by atoms with Crippen LogP contribution in [-0.4, -0.2) is 27.2 Å². The molecule has 0 aromatic heterocycles. The summed E-state index contributed by atoms with van der Waals surface area (Å²) in [5, 5.41) is 0. The lowest BCUT2D eigenvalue weighted by Crippen LogP contribution is -2.23. The van der Waals surface area contributed by atoms with Crippen LogP contribution in [0.1, 0.15) is 11.7 Å². The van der Waals surface area contributed by atoms with Gasteiger partial charge < -0.3 is 18.9 Å². The highest BCUT2D eigenvalue weighted by molar-refractivity contribution is 5.90. The van der Waals surface area contributed by atoms with E-state index in [1.165, 1.54) is 0 Å². The topological polar surface area (TPSA) is 49.3 Å². The molecule has 2 heterocycles. The zero-order valence-electron chi connectivity index (χ0n) is 11.0. The number of hydrogen-bond donors (Lipinski definition) is 0. The van der Waals surface area contributed by atoms with Gasteiger partial charge in [-0.3, -0.25) is 0 Å². The molecule has 5 nitrogen and oxygen atoms in total. The standard InChI is InChI=1S/C14H15NO4/c1-16-10-5-4-8-11(13(10)18-3)15-14-9(6-7-19-14)12(8)17-2/h4-7,9,12H,1-3H3/t9-,12+/m1/s1. The van der Waals surface area contributed by atoms with Crippen LogP contribution in [0.5, 0.6) is 11.5 Å². The molecule has 3 rings (SSSR count). The van der Waals surface area contributed by atoms with Gasteiger partial charge in [0.1, 0.15) is 5.69 Å². The van der Waals surface area contributed by atoms with E-state index < -0.39 is 0 Å². The first-order chi connectivity index (χ1) is 9.30. The van der Waals surface area contributed by atoms with E-state index in [0.29, 0.717) is 23.1 Å². The number of hydrogen-bond acceptors (Lipinski definition) is 5. The average molecular weight is 261 g/mol. The second-order valence-corrected chi connectivity index (χ2v) is 4.32. The Morgan fingerprint density at radius 2 is 2.00 bits per heavy atom. The normalized spacial score (nSPS) is 23.2. The number of aliphatic imine (C=N–C) groups is 1. The van der Waals surface area contributed by atoms with Gasteiger partial charge in [-0.15, -0.1) is 0 Å². The molecule has 19 heavy (non-hydrogen) atoms. The van der Waals surface area contributed by atoms with E-state index in [2.05, 4.69) is 4.99 Å². The van der Waals surface area contributed by atoms with Crippen LogP contribution in [0.4, 0.5) is 5.69 Å². The predicted molar refractivity (Wildman–Crippen MR) is 70.1 cm³/mol. The zero-order valence-corrected chi connectivity index (χ0v) is 11.0. The maximum atomic E-state index is 5.60. The summed E-state index contributed by atoms with van der Waals surface area (Å²) in [7, 11) is 4.88. The first-order valence-electron chi connectivity index (χ1n) is 5.99. The van der Waals surface area contributed by atoms with Crippen molar-refractivity contribution in [1.29, 1.82) is 0 Å². The summed E-state index contributed by atoms with van der Waals surface area (Å²) in [6.07, 6.45) is 3.47. The third kappa shape index (κ3) is 1.69. The molecule has 5 heteroatoms. The molecule has 0 N–H and O–H groups in total. The number of fused-ring (bicyclic) bond motifs is 2. The van der Waals surface area contributed by atoms with Crippen molar-refractivity contribution in [2.45, 2.75) is 6.10 Å². The minimum Gasteiger partial charge on any atom is -0.493 e. The summed E-state index contributed by atoms with van der Waals surface area (Å²) in [6.45, 7) is 0. The van der Waals surface area contributed by atoms with Crippen LogP contribution in [0.3, 0.4) is 0 Å². The quantitative estimate of drug-likeness (QED) is 0.839. The Morgan fingerprint density at radius 1 is 1.16 bits per heavy atom. The van der Waals surface area contributed by atoms with Gasteiger partial charge in [-0.05, 0) is 12.1 Å². The van der Waals surface area contributed by atoms with Crippen molar-refractivity contribution in [2.24, 2.45) is 10.9 Å². The van der Waals surface area contributed by atoms with Gasteiger partial charge in [0, 0.05) is 12.7 Å². The molecule has 0 amide bonds. The first-order valence-corrected chi connectivity index (χ1v) is 5.99. The lowest BCUT2D eigenvalue weighted by Gasteiger charge is -2.27. The number of rotatable bonds is 3. The lowest BCUT2D eigenvalue weighted by atomic mass is 9.91. The van der Waals surface area contributed by atoms with E-state index in [9.17, 15) is 0 Å². The minimum atomic E-state index is -0.124. The molecule has 0 bridgehead atoms. The highest BCUT2D eigenvalue weighted by atomic mass is 16.5. The fourth-order valence-corrected chi connectivity index (χ4v) is 2.53. The Labute approximate surface area is 111 Å². The summed E-state index contributed by atoms with van der Waals surface area (Å²) in [5.74, 6) is 1.90. The number of methoxy groups -OCH3 is 3. The number of benzene rings is 1. The summed E-state index contributed by atoms with van der Waals surface area (Å²) in [4.78, 5) is 4.53. The summed E-state index contributed by atoms with van der Waals surface area (Å²) in [5.41, 5.74) is 1.69. The fraction of sp³-hybridized carbons (Fsp3) is 0.357. The van der Waals surface area contributed by atoms with Crippen LogP contribution in [0.25, 0.3) is 0 Å². The molecule has 2 aliphatic rings. The van der Waals surface area contributed by atoms with Gasteiger partial charge in [-0.25, -0.2) is 4.99 Å². The SMILES string of the molecule is COc1ccc2c(c1OC)N=C1OC=C[C@@H]1[C@H]2OC. The molecule has 2 aliphatic heterocycles. The van der Waals surface area contributed by atoms with Crippen LogP contribution in [0.15, 0.2) is 29.5 Å². The van der Waals surface area contributed by atoms with Crippen LogP contribution >= 0.6 is 0 Å². The Balaban J connectivity index is 2.20. The van der Waals surface area contributed by atoms with Gasteiger partial charge in [-0.2, -0.15) is 0 Å². The number of ether oxygens (including phenoxy) is 4. The molecule has 1 aromatic rings. The first kappa shape index (κ1) is 12.0. The van der Waals surface area contributed by atoms with Crippen LogP contribution in [0, 0.1) is 5.92 Å². The van der Waals surface area contributed by atoms with E-state index in [1.807, 2.05) is 18.2 Å². The molecule has 0 unspecified atom stereocenters. The molecule has 0 radical (unpaired) electrons. The van der Waals surface area contributed by atoms with E-state index in [-0.39, 0.29) is 12.0 Å². The Morgan fingerprint density at radius 3 is 2.68 bits per heavy atom. The van der Waals surface area contributed by atoms with Crippen LogP contribution in [0.2, 0.25) is 0 Å². The largest absolute Gasteiger partial charge is 0.493 e. The predicted octanol–water partition coefficient (Wildman–Crippen LogP) is 2.60. The molecule has 0 saturated carbocycles. The Kier molecular flexibility index (Phi) is 2.91. The highest BCUT2D eigenvalue weighted by Gasteiger charge is 2.37. The highest BCUT2D eigenvalue weighted by Crippen LogP contribution is 2.49. The van der Waals surface area contributed by atoms with Gasteiger partial charge in [0.05, 0.1) is 32.5 Å². The maximum absolute atomic E-state index is 5.60. The second-order valence-electron chi connectivity index (χ2n) is 4.32. The zero-order chi connectivity index (χ0) is 13.4. The Bertz CT molecular complexity index is 565. The third-order valence-corrected chi connectivity index (χ3v) is 3.42. The van der Waals surface area contributed by atoms with Crippen molar-refractivity contribution in [3.63, 3.8) is 0 Å². The maximum Gasteiger partial charge on any atom is 0.204 e. The van der Waals surface area contributed by atoms with E-state index >= 15 is 0 Å². The van der Waals surface area contributed by atoms with Crippen molar-refractivity contribution in [2.75, 3.05) is 21.3 Å². The summed E-state index contributed by atoms with van der Waals surface area (Å²) >= 11 is 0. The van der Waals surface area contributed by atoms with Crippen molar-refractivity contribution >= 4 is 11.6 Å². The Hall–Kier alpha value is -2.01. The molecule has 0 spiro atoms. The second kappa shape index (κ2) is 4.59. The monoisotopic (exact) mass is 261 g/mol. The van der Waals surface area contributed by atoms with Gasteiger partial charge in [0.2, 0.25) is 5.90 Å². The summed E-state index contributed by atoms with van der Waals surface area (Å²) < 4.78 is 21.7. The summed E-state index contributed by atoms with van der Waals surface area (Å²) in [6, 6.07) is 3.82. The lowest BCUT2D eigenvalue weighted by molar-refractivity contribution is 0.0845. The molecule has 0 fully saturated rings. The van der Waals surface area contributed by atoms with Crippen molar-refractivity contribution in [1.82, 2.24) is 0 Å². The third-order valence-electron chi connectivity index (χ3n) is 3.42. The molecule has 0 aliphatic carbocycles. The van der Waals surface area contributed by atoms with Crippen LogP contribution in [-0.2, 0) is 9.47 Å². The van der Waals surface area contributed by atoms with E-state index in [4.69, 9.17) is 18.9 Å². The molecular formula is C14H15NO4. The average Bonchev–Trinajstić information content (AvgIpc) is 2.91. The molecule has 2 atom stereocenters. The van der Waals surface area contributed by atoms with Crippen LogP contribution < -0.4 is 9.47 Å². The fourth-order valence-electron chi connectivity index (χ4n) is 2.53. The van der Waals surface area contributed by atoms with Gasteiger partial charge >= 0.3 is 0 Å². The van der Waals surface area contributed by atoms with Gasteiger partial charge in [0.15, 0.2) is 11.5 Å².